The first-order valence-electron chi connectivity index (χ1n) is 25.0. The molecule has 0 fully saturated rings. The van der Waals surface area contributed by atoms with Crippen LogP contribution in [0.2, 0.25) is 0 Å². The van der Waals surface area contributed by atoms with Gasteiger partial charge in [-0.2, -0.15) is 5.10 Å². The summed E-state index contributed by atoms with van der Waals surface area (Å²) in [5.41, 5.74) is 84.4. The second-order valence-electron chi connectivity index (χ2n) is 17.3. The Hall–Kier alpha value is -11.5. The number of thiazole rings is 1. The second-order valence-corrected chi connectivity index (χ2v) is 19.3. The van der Waals surface area contributed by atoms with Crippen molar-refractivity contribution >= 4 is 58.5 Å². The topological polar surface area (TPSA) is 797 Å². The number of carboxylic acids is 6. The molecule has 486 valence electrons. The highest BCUT2D eigenvalue weighted by Crippen LogP contribution is 2.17. The summed E-state index contributed by atoms with van der Waals surface area (Å²) in [6, 6.07) is -0.854. The van der Waals surface area contributed by atoms with Crippen LogP contribution in [0.3, 0.4) is 0 Å². The molecule has 0 aliphatic rings. The Bertz CT molecular complexity index is 3140. The molecule has 6 aromatic heterocycles. The van der Waals surface area contributed by atoms with Crippen molar-refractivity contribution in [3.05, 3.63) is 165 Å². The van der Waals surface area contributed by atoms with Gasteiger partial charge < -0.3 is 74.0 Å². The normalized spacial score (nSPS) is 11.8. The van der Waals surface area contributed by atoms with Crippen LogP contribution in [0.5, 0.6) is 0 Å². The molecule has 0 saturated heterocycles. The highest BCUT2D eigenvalue weighted by Gasteiger charge is 2.19. The quantitative estimate of drug-likeness (QED) is 0.0169. The van der Waals surface area contributed by atoms with E-state index in [9.17, 15) is 28.8 Å². The highest BCUT2D eigenvalue weighted by molar-refractivity contribution is 7.10. The van der Waals surface area contributed by atoms with Crippen LogP contribution >= 0.6 is 22.7 Å². The molecule has 91 heavy (non-hydrogen) atoms. The summed E-state index contributed by atoms with van der Waals surface area (Å²) in [7, 11) is 0. The van der Waals surface area contributed by atoms with Crippen molar-refractivity contribution in [1.82, 2.24) is 40.3 Å². The summed E-state index contributed by atoms with van der Waals surface area (Å²) >= 11 is 2.75. The fraction of sp³-hybridized carbons (Fsp3) is 0.442. The van der Waals surface area contributed by atoms with E-state index in [1.807, 2.05) is 11.4 Å². The maximum atomic E-state index is 10.5. The largest absolute Gasteiger partial charge is 0.480 e. The monoisotopic (exact) mass is 1310 g/mol. The van der Waals surface area contributed by atoms with Crippen LogP contribution in [-0.2, 0) is 107 Å². The van der Waals surface area contributed by atoms with Crippen molar-refractivity contribution in [3.8, 4) is 0 Å². The lowest BCUT2D eigenvalue weighted by Crippen LogP contribution is -2.32. The first-order chi connectivity index (χ1) is 43.3. The third-order valence-corrected chi connectivity index (χ3v) is 12.1. The Morgan fingerprint density at radius 2 is 1.03 bits per heavy atom. The second kappa shape index (κ2) is 44.0. The maximum Gasteiger partial charge on any atom is 0.320 e. The van der Waals surface area contributed by atoms with Crippen molar-refractivity contribution in [3.63, 3.8) is 0 Å². The van der Waals surface area contributed by atoms with Gasteiger partial charge >= 0.3 is 35.8 Å². The fourth-order valence-corrected chi connectivity index (χ4v) is 7.45. The molecule has 46 nitrogen and oxygen atoms in total. The molecular weight excluding hydrogens is 1250 g/mol. The van der Waals surface area contributed by atoms with Gasteiger partial charge in [0, 0.05) is 103 Å². The SMILES string of the molecule is [N-]=[N+]=NCCn1cc(C[C@H](N)C(=O)O)nn1.[N-]=[N+]=NCc1cc(C[C@H](N)C(=O)O)[nH]n1.[N-]=[N+]=NCc1cc(C[C@H](N)C(=O)O)cs1.[N-]=[N+]=NCc1cc(C[C@H](N)C(=O)O)no1.[N-]=[N+]=NCc1nc(C[C@H](N)C(=O)O)co1.[N-]=[N+]=NCc1nc(C[C@H](N)C(=O)O)cs1. The minimum Gasteiger partial charge on any atom is -0.480 e. The van der Waals surface area contributed by atoms with Crippen molar-refractivity contribution in [2.75, 3.05) is 6.54 Å². The lowest BCUT2D eigenvalue weighted by atomic mass is 10.1. The molecule has 0 amide bonds. The lowest BCUT2D eigenvalue weighted by molar-refractivity contribution is -0.139. The van der Waals surface area contributed by atoms with E-state index < -0.39 is 72.1 Å². The summed E-state index contributed by atoms with van der Waals surface area (Å²) in [4.78, 5) is 87.2. The van der Waals surface area contributed by atoms with Gasteiger partial charge in [-0.1, -0.05) is 41.1 Å². The predicted octanol–water partition coefficient (Wildman–Crippen LogP) is 3.02. The number of nitrogens with one attached hydrogen (secondary N) is 1. The first kappa shape index (κ1) is 77.6. The standard InChI is InChI=1S/C8H10N4O2S.C7H11N7O2.C7H10N6O2.2C7H9N5O3.C7H9N5O2S/c9-7(8(13)14)2-5-1-6(15-4-5)3-11-12-10;8-6(7(15)16)3-5-4-14(13-11-5)2-1-10-12-9;8-6(7(14)15)2-4-1-5(12-11-4)3-10-13-9;8-5(7(13)14)1-4-3-15-6(11-4)2-10-12-9;8-6(7(13)14)2-4-1-5(15-11-4)3-10-12-9;8-5(7(13)14)1-4-3-15-6(11-4)2-10-12-9/h1,4,7H,2-3,9H2,(H,13,14);4,6H,1-3,8H2,(H,15,16);1,6H,2-3,8H2,(H,11,12)(H,14,15);3,5H,1-2,8H2,(H,13,14);1,6H,2-3,8H2,(H,13,14);3,5H,1-2,8H2,(H,13,14)/t7-;2*6-;5-;6-;5-/m000000/s1. The smallest absolute Gasteiger partial charge is 0.320 e. The molecule has 6 atom stereocenters. The Kier molecular flexibility index (Phi) is 37.5. The number of hydrogen-bond acceptors (Lipinski definition) is 28. The van der Waals surface area contributed by atoms with Gasteiger partial charge in [0.05, 0.1) is 59.7 Å². The zero-order valence-corrected chi connectivity index (χ0v) is 48.7. The first-order valence-corrected chi connectivity index (χ1v) is 26.8. The van der Waals surface area contributed by atoms with Gasteiger partial charge in [0.2, 0.25) is 0 Å². The van der Waals surface area contributed by atoms with Crippen LogP contribution in [0.4, 0.5) is 0 Å². The van der Waals surface area contributed by atoms with Crippen LogP contribution in [-0.4, -0.2) is 150 Å². The molecule has 0 unspecified atom stereocenters. The molecular formula is C43H58N32O14S2. The number of azide groups is 6. The lowest BCUT2D eigenvalue weighted by Gasteiger charge is -2.02. The zero-order chi connectivity index (χ0) is 68.3. The third-order valence-electron chi connectivity index (χ3n) is 10.2. The highest BCUT2D eigenvalue weighted by atomic mass is 32.1. The minimum atomic E-state index is -1.10. The molecule has 48 heteroatoms. The number of carboxylic acid groups (broad SMARTS) is 6. The summed E-state index contributed by atoms with van der Waals surface area (Å²) in [5.74, 6) is -5.81. The molecule has 6 aromatic rings. The zero-order valence-electron chi connectivity index (χ0n) is 47.1. The maximum absolute atomic E-state index is 10.5. The third kappa shape index (κ3) is 34.5. The molecule has 0 aliphatic heterocycles. The Morgan fingerprint density at radius 1 is 0.538 bits per heavy atom. The van der Waals surface area contributed by atoms with E-state index in [1.165, 1.54) is 39.7 Å². The minimum absolute atomic E-state index is 0.00118. The average molecular weight is 1310 g/mol. The van der Waals surface area contributed by atoms with E-state index in [0.29, 0.717) is 64.4 Å². The number of oxazole rings is 1. The van der Waals surface area contributed by atoms with Gasteiger partial charge in [0.25, 0.3) is 0 Å². The molecule has 6 rings (SSSR count). The van der Waals surface area contributed by atoms with Gasteiger partial charge in [-0.15, -0.1) is 27.8 Å². The van der Waals surface area contributed by atoms with E-state index >= 15 is 0 Å². The van der Waals surface area contributed by atoms with Gasteiger partial charge in [-0.25, -0.2) is 9.97 Å². The molecule has 0 radical (unpaired) electrons. The predicted molar refractivity (Wildman–Crippen MR) is 312 cm³/mol. The van der Waals surface area contributed by atoms with E-state index in [-0.39, 0.29) is 70.7 Å². The van der Waals surface area contributed by atoms with E-state index in [4.69, 9.17) is 107 Å². The van der Waals surface area contributed by atoms with Crippen LogP contribution < -0.4 is 34.4 Å². The molecule has 19 N–H and O–H groups in total. The summed E-state index contributed by atoms with van der Waals surface area (Å²) in [6.07, 6.45) is 3.80. The number of H-pyrrole nitrogens is 1. The average Bonchev–Trinajstić information content (AvgIpc) is 3.94. The van der Waals surface area contributed by atoms with E-state index in [0.717, 1.165) is 10.4 Å². The van der Waals surface area contributed by atoms with Crippen LogP contribution in [0.1, 0.15) is 61.3 Å². The number of thiophene rings is 1. The van der Waals surface area contributed by atoms with Crippen LogP contribution in [0, 0.1) is 0 Å². The summed E-state index contributed by atoms with van der Waals surface area (Å²) in [5, 5.41) is 93.1. The summed E-state index contributed by atoms with van der Waals surface area (Å²) in [6.45, 7) is 1.33. The van der Waals surface area contributed by atoms with Gasteiger partial charge in [-0.3, -0.25) is 38.5 Å². The number of rotatable bonds is 31. The van der Waals surface area contributed by atoms with E-state index in [2.05, 4.69) is 95.8 Å². The molecule has 0 aromatic carbocycles. The molecule has 0 bridgehead atoms. The Morgan fingerprint density at radius 3 is 1.60 bits per heavy atom. The molecule has 0 saturated carbocycles. The van der Waals surface area contributed by atoms with Crippen molar-refractivity contribution in [2.24, 2.45) is 65.1 Å². The number of aromatic amines is 1. The van der Waals surface area contributed by atoms with Gasteiger partial charge in [0.15, 0.2) is 5.89 Å². The number of aliphatic carboxylic acids is 6. The van der Waals surface area contributed by atoms with Gasteiger partial charge in [0.1, 0.15) is 54.8 Å². The van der Waals surface area contributed by atoms with Gasteiger partial charge in [-0.05, 0) is 62.7 Å². The van der Waals surface area contributed by atoms with E-state index in [1.54, 1.807) is 17.6 Å². The van der Waals surface area contributed by atoms with Crippen molar-refractivity contribution in [2.45, 2.75) is 114 Å². The number of carbonyl (C=O) groups is 6. The number of nitrogens with zero attached hydrogens (tertiary/aromatic N) is 25. The molecule has 0 aliphatic carbocycles. The van der Waals surface area contributed by atoms with Crippen LogP contribution in [0.25, 0.3) is 62.7 Å². The Balaban J connectivity index is 0.000000546. The molecule has 0 spiro atoms. The summed E-state index contributed by atoms with van der Waals surface area (Å²) < 4.78 is 11.2. The number of aromatic nitrogens is 8. The number of nitrogens with two attached hydrogens (primary N) is 6. The molecule has 6 heterocycles. The fourth-order valence-electron chi connectivity index (χ4n) is 5.91. The van der Waals surface area contributed by atoms with Crippen LogP contribution in [0.15, 0.2) is 81.0 Å². The van der Waals surface area contributed by atoms with Crippen molar-refractivity contribution in [1.29, 1.82) is 0 Å². The Labute approximate surface area is 516 Å². The number of hydrogen-bond donors (Lipinski definition) is 13. The van der Waals surface area contributed by atoms with Crippen molar-refractivity contribution < 1.29 is 68.3 Å².